The molecule has 2 N–H and O–H groups in total. The molecule has 0 saturated carbocycles. The summed E-state index contributed by atoms with van der Waals surface area (Å²) in [6, 6.07) is 0.785. The Labute approximate surface area is 98.0 Å². The molecule has 0 aromatic heterocycles. The summed E-state index contributed by atoms with van der Waals surface area (Å²) in [5, 5.41) is 9.57. The Morgan fingerprint density at radius 2 is 1.81 bits per heavy atom. The van der Waals surface area contributed by atoms with Gasteiger partial charge in [-0.1, -0.05) is 0 Å². The van der Waals surface area contributed by atoms with E-state index in [-0.39, 0.29) is 12.7 Å². The van der Waals surface area contributed by atoms with E-state index in [0.29, 0.717) is 13.2 Å². The average molecular weight is 252 g/mol. The molecule has 0 aliphatic carbocycles. The molecule has 1 aliphatic heterocycles. The molecule has 0 bridgehead atoms. The van der Waals surface area contributed by atoms with Crippen LogP contribution in [0.3, 0.4) is 0 Å². The first-order valence-electron chi connectivity index (χ1n) is 5.23. The Morgan fingerprint density at radius 1 is 1.31 bits per heavy atom. The molecule has 0 aromatic carbocycles. The number of hydrogen-bond acceptors (Lipinski definition) is 5. The third kappa shape index (κ3) is 6.54. The lowest BCUT2D eigenvalue weighted by Crippen LogP contribution is -2.42. The van der Waals surface area contributed by atoms with E-state index in [1.54, 1.807) is 21.3 Å². The maximum atomic E-state index is 9.57. The van der Waals surface area contributed by atoms with Crippen molar-refractivity contribution in [2.45, 2.75) is 18.6 Å². The first kappa shape index (κ1) is 16.0. The van der Waals surface area contributed by atoms with Gasteiger partial charge in [-0.3, -0.25) is 0 Å². The highest BCUT2D eigenvalue weighted by atomic mass is 28.4. The summed E-state index contributed by atoms with van der Waals surface area (Å²) in [6.45, 7) is 1.29. The van der Waals surface area contributed by atoms with Crippen molar-refractivity contribution in [2.24, 2.45) is 5.73 Å². The third-order valence-electron chi connectivity index (χ3n) is 2.21. The first-order valence-corrected chi connectivity index (χ1v) is 7.16. The van der Waals surface area contributed by atoms with Crippen LogP contribution in [0.5, 0.6) is 0 Å². The second-order valence-electron chi connectivity index (χ2n) is 3.31. The van der Waals surface area contributed by atoms with Crippen LogP contribution in [-0.2, 0) is 23.1 Å². The van der Waals surface area contributed by atoms with Crippen molar-refractivity contribution in [3.05, 3.63) is 0 Å². The highest BCUT2D eigenvalue weighted by molar-refractivity contribution is 6.60. The molecule has 0 spiro atoms. The molecule has 1 unspecified atom stereocenters. The van der Waals surface area contributed by atoms with Crippen LogP contribution < -0.4 is 5.73 Å². The minimum absolute atomic E-state index is 0.0556. The van der Waals surface area contributed by atoms with Gasteiger partial charge >= 0.3 is 8.80 Å². The van der Waals surface area contributed by atoms with Crippen molar-refractivity contribution in [1.82, 2.24) is 0 Å². The van der Waals surface area contributed by atoms with Gasteiger partial charge in [0.25, 0.3) is 0 Å². The molecule has 1 radical (unpaired) electrons. The van der Waals surface area contributed by atoms with Crippen LogP contribution in [-0.4, -0.2) is 56.0 Å². The lowest BCUT2D eigenvalue weighted by atomic mass is 10.5. The van der Waals surface area contributed by atoms with Gasteiger partial charge in [0.1, 0.15) is 12.7 Å². The fraction of sp³-hybridized carbons (Fsp3) is 1.00. The molecule has 1 aliphatic rings. The number of hydrogen-bond donors (Lipinski definition) is 1. The molecule has 1 saturated heterocycles. The van der Waals surface area contributed by atoms with E-state index in [0.717, 1.165) is 12.5 Å². The molecular formula is C9H22NO5Si. The van der Waals surface area contributed by atoms with Crippen molar-refractivity contribution in [1.29, 1.82) is 0 Å². The molecule has 1 atom stereocenters. The summed E-state index contributed by atoms with van der Waals surface area (Å²) in [6.07, 6.45) is 0.955. The van der Waals surface area contributed by atoms with Crippen LogP contribution in [0, 0.1) is 0 Å². The quantitative estimate of drug-likeness (QED) is 0.510. The van der Waals surface area contributed by atoms with Crippen LogP contribution in [0.25, 0.3) is 0 Å². The van der Waals surface area contributed by atoms with Gasteiger partial charge in [-0.05, 0) is 13.0 Å². The fourth-order valence-electron chi connectivity index (χ4n) is 1.04. The molecular weight excluding hydrogens is 230 g/mol. The molecule has 0 amide bonds. The van der Waals surface area contributed by atoms with Gasteiger partial charge in [-0.25, -0.2) is 5.11 Å². The summed E-state index contributed by atoms with van der Waals surface area (Å²) in [7, 11) is 2.50. The number of rotatable bonds is 7. The predicted molar refractivity (Wildman–Crippen MR) is 60.6 cm³/mol. The average Bonchev–Trinajstić information content (AvgIpc) is 3.16. The minimum Gasteiger partial charge on any atom is -0.377 e. The van der Waals surface area contributed by atoms with Crippen molar-refractivity contribution in [3.8, 4) is 0 Å². The molecule has 16 heavy (non-hydrogen) atoms. The van der Waals surface area contributed by atoms with E-state index in [2.05, 4.69) is 4.74 Å². The van der Waals surface area contributed by atoms with Crippen LogP contribution in [0.4, 0.5) is 0 Å². The van der Waals surface area contributed by atoms with Crippen molar-refractivity contribution >= 4 is 8.80 Å². The highest BCUT2D eigenvalue weighted by Crippen LogP contribution is 2.13. The van der Waals surface area contributed by atoms with Crippen molar-refractivity contribution in [3.63, 3.8) is 0 Å². The fourth-order valence-corrected chi connectivity index (χ4v) is 2.79. The Hall–Kier alpha value is -0.0231. The van der Waals surface area contributed by atoms with Gasteiger partial charge in [0, 0.05) is 27.4 Å². The molecule has 1 rings (SSSR count). The summed E-state index contributed by atoms with van der Waals surface area (Å²) in [4.78, 5) is 0. The van der Waals surface area contributed by atoms with E-state index >= 15 is 0 Å². The van der Waals surface area contributed by atoms with E-state index in [4.69, 9.17) is 19.0 Å². The monoisotopic (exact) mass is 252 g/mol. The van der Waals surface area contributed by atoms with E-state index in [1.165, 1.54) is 0 Å². The first-order chi connectivity index (χ1) is 7.67. The zero-order valence-electron chi connectivity index (χ0n) is 10.2. The predicted octanol–water partition coefficient (Wildman–Crippen LogP) is 0.0290. The summed E-state index contributed by atoms with van der Waals surface area (Å²) >= 11 is 0. The second-order valence-corrected chi connectivity index (χ2v) is 6.40. The zero-order chi connectivity index (χ0) is 12.4. The molecule has 1 fully saturated rings. The minimum atomic E-state index is -2.32. The highest BCUT2D eigenvalue weighted by Gasteiger charge is 2.36. The summed E-state index contributed by atoms with van der Waals surface area (Å²) in [5.74, 6) is 0. The summed E-state index contributed by atoms with van der Waals surface area (Å²) in [5.41, 5.74) is 5.36. The van der Waals surface area contributed by atoms with Gasteiger partial charge in [0.2, 0.25) is 0 Å². The Balaban J connectivity index is 0.000000368. The SMILES string of the molecule is CO[Si](CCCN)(OC)OC.[O]CC1CO1. The molecule has 6 nitrogen and oxygen atoms in total. The maximum absolute atomic E-state index is 9.57. The molecule has 1 heterocycles. The Morgan fingerprint density at radius 3 is 2.00 bits per heavy atom. The number of ether oxygens (including phenoxy) is 1. The van der Waals surface area contributed by atoms with E-state index < -0.39 is 8.80 Å². The van der Waals surface area contributed by atoms with E-state index in [9.17, 15) is 5.11 Å². The second kappa shape index (κ2) is 9.05. The lowest BCUT2D eigenvalue weighted by Gasteiger charge is -2.23. The van der Waals surface area contributed by atoms with E-state index in [1.807, 2.05) is 0 Å². The lowest BCUT2D eigenvalue weighted by molar-refractivity contribution is 0.123. The zero-order valence-corrected chi connectivity index (χ0v) is 11.2. The topological polar surface area (TPSA) is 86.1 Å². The molecule has 7 heteroatoms. The van der Waals surface area contributed by atoms with Crippen molar-refractivity contribution < 1.29 is 23.1 Å². The third-order valence-corrected chi connectivity index (χ3v) is 5.04. The van der Waals surface area contributed by atoms with Gasteiger partial charge in [0.05, 0.1) is 6.61 Å². The van der Waals surface area contributed by atoms with Gasteiger partial charge < -0.3 is 23.7 Å². The standard InChI is InChI=1S/C6H17NO3Si.C3H5O2/c1-8-11(9-2,10-3)6-4-5-7;4-1-3-2-5-3/h4-7H2,1-3H3;3H,1-2H2. The number of nitrogens with two attached hydrogens (primary N) is 1. The van der Waals surface area contributed by atoms with Gasteiger partial charge in [-0.2, -0.15) is 0 Å². The van der Waals surface area contributed by atoms with Gasteiger partial charge in [0.15, 0.2) is 0 Å². The van der Waals surface area contributed by atoms with Crippen LogP contribution >= 0.6 is 0 Å². The Bertz CT molecular complexity index is 156. The maximum Gasteiger partial charge on any atom is 0.500 e. The van der Waals surface area contributed by atoms with Gasteiger partial charge in [-0.15, -0.1) is 0 Å². The van der Waals surface area contributed by atoms with Crippen molar-refractivity contribution in [2.75, 3.05) is 41.1 Å². The molecule has 97 valence electrons. The molecule has 0 aromatic rings. The smallest absolute Gasteiger partial charge is 0.377 e. The van der Waals surface area contributed by atoms with Crippen LogP contribution in [0.1, 0.15) is 6.42 Å². The largest absolute Gasteiger partial charge is 0.500 e. The number of epoxide rings is 1. The normalized spacial score (nSPS) is 18.9. The summed E-state index contributed by atoms with van der Waals surface area (Å²) < 4.78 is 20.1. The van der Waals surface area contributed by atoms with Crippen LogP contribution in [0.2, 0.25) is 6.04 Å². The Kier molecular flexibility index (Phi) is 9.04. The van der Waals surface area contributed by atoms with Crippen LogP contribution in [0.15, 0.2) is 0 Å².